The van der Waals surface area contributed by atoms with Crippen molar-refractivity contribution in [3.05, 3.63) is 0 Å². The van der Waals surface area contributed by atoms with Crippen molar-refractivity contribution in [2.45, 2.75) is 29.8 Å². The van der Waals surface area contributed by atoms with Crippen LogP contribution in [0.4, 0.5) is 4.79 Å². The summed E-state index contributed by atoms with van der Waals surface area (Å²) >= 11 is 3.25. The first-order valence-electron chi connectivity index (χ1n) is 4.22. The van der Waals surface area contributed by atoms with Crippen molar-refractivity contribution < 1.29 is 4.79 Å². The minimum atomic E-state index is 0.386. The topological polar surface area (TPSA) is 17.1 Å². The SMILES string of the molecule is O=C1SC2C3CCC(C3)C2S1. The van der Waals surface area contributed by atoms with Gasteiger partial charge in [-0.1, -0.05) is 23.5 Å². The van der Waals surface area contributed by atoms with E-state index < -0.39 is 0 Å². The van der Waals surface area contributed by atoms with Gasteiger partial charge in [-0.3, -0.25) is 4.79 Å². The summed E-state index contributed by atoms with van der Waals surface area (Å²) in [6, 6.07) is 0. The number of hydrogen-bond acceptors (Lipinski definition) is 3. The van der Waals surface area contributed by atoms with Crippen molar-refractivity contribution in [3.63, 3.8) is 0 Å². The van der Waals surface area contributed by atoms with Gasteiger partial charge < -0.3 is 0 Å². The molecule has 1 saturated heterocycles. The molecule has 0 aromatic carbocycles. The molecule has 0 aromatic rings. The van der Waals surface area contributed by atoms with E-state index in [-0.39, 0.29) is 0 Å². The van der Waals surface area contributed by atoms with Crippen LogP contribution in [0.25, 0.3) is 0 Å². The van der Waals surface area contributed by atoms with Crippen LogP contribution >= 0.6 is 23.5 Å². The normalized spacial score (nSPS) is 53.6. The maximum Gasteiger partial charge on any atom is 0.246 e. The summed E-state index contributed by atoms with van der Waals surface area (Å²) in [5.41, 5.74) is 0. The molecule has 1 heterocycles. The van der Waals surface area contributed by atoms with E-state index in [0.29, 0.717) is 14.9 Å². The molecule has 4 atom stereocenters. The van der Waals surface area contributed by atoms with Crippen LogP contribution in [0.15, 0.2) is 0 Å². The zero-order chi connectivity index (χ0) is 7.42. The van der Waals surface area contributed by atoms with E-state index >= 15 is 0 Å². The molecule has 3 rings (SSSR count). The molecule has 3 fully saturated rings. The third-order valence-corrected chi connectivity index (χ3v) is 6.27. The van der Waals surface area contributed by atoms with Gasteiger partial charge in [0.2, 0.25) is 4.45 Å². The second-order valence-corrected chi connectivity index (χ2v) is 6.31. The van der Waals surface area contributed by atoms with E-state index in [4.69, 9.17) is 0 Å². The number of fused-ring (bicyclic) bond motifs is 5. The molecule has 3 heteroatoms. The lowest BCUT2D eigenvalue weighted by Crippen LogP contribution is -2.22. The highest BCUT2D eigenvalue weighted by Gasteiger charge is 2.53. The predicted molar refractivity (Wildman–Crippen MR) is 49.0 cm³/mol. The zero-order valence-corrected chi connectivity index (χ0v) is 7.79. The number of carbonyl (C=O) groups excluding carboxylic acids is 1. The van der Waals surface area contributed by atoms with Crippen LogP contribution < -0.4 is 0 Å². The van der Waals surface area contributed by atoms with Crippen LogP contribution in [-0.4, -0.2) is 14.9 Å². The Balaban J connectivity index is 1.92. The maximum absolute atomic E-state index is 11.1. The van der Waals surface area contributed by atoms with E-state index in [0.717, 1.165) is 11.8 Å². The van der Waals surface area contributed by atoms with Gasteiger partial charge in [-0.05, 0) is 31.1 Å². The molecule has 2 saturated carbocycles. The smallest absolute Gasteiger partial charge is 0.246 e. The summed E-state index contributed by atoms with van der Waals surface area (Å²) in [6.45, 7) is 0. The van der Waals surface area contributed by atoms with Gasteiger partial charge in [0.25, 0.3) is 0 Å². The Morgan fingerprint density at radius 2 is 1.64 bits per heavy atom. The Morgan fingerprint density at radius 3 is 2.18 bits per heavy atom. The third kappa shape index (κ3) is 0.842. The molecular formula is C8H10OS2. The van der Waals surface area contributed by atoms with Crippen molar-refractivity contribution in [2.75, 3.05) is 0 Å². The van der Waals surface area contributed by atoms with Crippen molar-refractivity contribution in [1.82, 2.24) is 0 Å². The number of thioether (sulfide) groups is 2. The van der Waals surface area contributed by atoms with Gasteiger partial charge in [-0.15, -0.1) is 0 Å². The van der Waals surface area contributed by atoms with Crippen molar-refractivity contribution in [2.24, 2.45) is 11.8 Å². The molecule has 0 aromatic heterocycles. The number of rotatable bonds is 0. The largest absolute Gasteiger partial charge is 0.274 e. The van der Waals surface area contributed by atoms with E-state index in [9.17, 15) is 4.79 Å². The Labute approximate surface area is 74.7 Å². The predicted octanol–water partition coefficient (Wildman–Crippen LogP) is 2.75. The van der Waals surface area contributed by atoms with E-state index in [1.54, 1.807) is 23.5 Å². The Kier molecular flexibility index (Phi) is 1.36. The summed E-state index contributed by atoms with van der Waals surface area (Å²) in [5.74, 6) is 1.79. The quantitative estimate of drug-likeness (QED) is 0.579. The summed E-state index contributed by atoms with van der Waals surface area (Å²) in [5, 5.41) is 1.43. The third-order valence-electron chi connectivity index (χ3n) is 3.23. The molecular weight excluding hydrogens is 176 g/mol. The Hall–Kier alpha value is 0.370. The first-order valence-corrected chi connectivity index (χ1v) is 5.98. The summed E-state index contributed by atoms with van der Waals surface area (Å²) in [4.78, 5) is 11.1. The molecule has 0 N–H and O–H groups in total. The van der Waals surface area contributed by atoms with Crippen molar-refractivity contribution >= 4 is 28.0 Å². The van der Waals surface area contributed by atoms with Crippen LogP contribution in [0, 0.1) is 11.8 Å². The number of hydrogen-bond donors (Lipinski definition) is 0. The summed E-state index contributed by atoms with van der Waals surface area (Å²) in [7, 11) is 0. The van der Waals surface area contributed by atoms with E-state index in [1.165, 1.54) is 19.3 Å². The Morgan fingerprint density at radius 1 is 1.09 bits per heavy atom. The summed E-state index contributed by atoms with van der Waals surface area (Å²) < 4.78 is 0.386. The minimum absolute atomic E-state index is 0.386. The van der Waals surface area contributed by atoms with Crippen LogP contribution in [0.2, 0.25) is 0 Å². The molecule has 3 aliphatic rings. The molecule has 2 bridgehead atoms. The standard InChI is InChI=1S/C8H10OS2/c9-8-10-6-4-1-2-5(3-4)7(6)11-8/h4-7H,1-3H2. The average molecular weight is 186 g/mol. The molecule has 2 aliphatic carbocycles. The van der Waals surface area contributed by atoms with Gasteiger partial charge in [0.1, 0.15) is 0 Å². The molecule has 60 valence electrons. The van der Waals surface area contributed by atoms with Crippen LogP contribution in [0.1, 0.15) is 19.3 Å². The molecule has 0 radical (unpaired) electrons. The second kappa shape index (κ2) is 2.19. The van der Waals surface area contributed by atoms with Gasteiger partial charge in [-0.2, -0.15) is 0 Å². The first kappa shape index (κ1) is 6.84. The van der Waals surface area contributed by atoms with Gasteiger partial charge in [0.05, 0.1) is 0 Å². The van der Waals surface area contributed by atoms with Gasteiger partial charge in [0.15, 0.2) is 0 Å². The van der Waals surface area contributed by atoms with Crippen molar-refractivity contribution in [3.8, 4) is 0 Å². The molecule has 11 heavy (non-hydrogen) atoms. The highest BCUT2D eigenvalue weighted by atomic mass is 32.2. The highest BCUT2D eigenvalue weighted by molar-refractivity contribution is 8.41. The van der Waals surface area contributed by atoms with Crippen LogP contribution in [-0.2, 0) is 0 Å². The Bertz CT molecular complexity index is 196. The fourth-order valence-electron chi connectivity index (χ4n) is 2.76. The second-order valence-electron chi connectivity index (χ2n) is 3.75. The molecule has 1 aliphatic heterocycles. The monoisotopic (exact) mass is 186 g/mol. The molecule has 4 unspecified atom stereocenters. The fourth-order valence-corrected chi connectivity index (χ4v) is 6.02. The molecule has 1 nitrogen and oxygen atoms in total. The van der Waals surface area contributed by atoms with E-state index in [1.807, 2.05) is 0 Å². The van der Waals surface area contributed by atoms with Crippen molar-refractivity contribution in [1.29, 1.82) is 0 Å². The zero-order valence-electron chi connectivity index (χ0n) is 6.16. The van der Waals surface area contributed by atoms with Gasteiger partial charge in [-0.25, -0.2) is 0 Å². The summed E-state index contributed by atoms with van der Waals surface area (Å²) in [6.07, 6.45) is 4.21. The highest BCUT2D eigenvalue weighted by Crippen LogP contribution is 2.59. The van der Waals surface area contributed by atoms with Gasteiger partial charge in [0, 0.05) is 10.5 Å². The minimum Gasteiger partial charge on any atom is -0.274 e. The van der Waals surface area contributed by atoms with Crippen LogP contribution in [0.3, 0.4) is 0 Å². The average Bonchev–Trinajstić information content (AvgIpc) is 2.53. The lowest BCUT2D eigenvalue weighted by Gasteiger charge is -2.20. The fraction of sp³-hybridized carbons (Fsp3) is 0.875. The van der Waals surface area contributed by atoms with E-state index in [2.05, 4.69) is 0 Å². The maximum atomic E-state index is 11.1. The van der Waals surface area contributed by atoms with Crippen LogP contribution in [0.5, 0.6) is 0 Å². The number of carbonyl (C=O) groups is 1. The lowest BCUT2D eigenvalue weighted by molar-refractivity contribution is 0.276. The lowest BCUT2D eigenvalue weighted by atomic mass is 10.00. The molecule has 0 spiro atoms. The first-order chi connectivity index (χ1) is 5.34. The van der Waals surface area contributed by atoms with Gasteiger partial charge >= 0.3 is 0 Å². The molecule has 0 amide bonds.